The molecule has 1 aliphatic carbocycles. The third-order valence-corrected chi connectivity index (χ3v) is 6.67. The summed E-state index contributed by atoms with van der Waals surface area (Å²) in [5.74, 6) is -0.262. The fraction of sp³-hybridized carbons (Fsp3) is 0.611. The maximum atomic E-state index is 12.6. The van der Waals surface area contributed by atoms with E-state index in [0.717, 1.165) is 38.5 Å². The first-order chi connectivity index (χ1) is 11.4. The van der Waals surface area contributed by atoms with Gasteiger partial charge in [-0.05, 0) is 44.4 Å². The van der Waals surface area contributed by atoms with E-state index in [1.54, 1.807) is 31.2 Å². The molecule has 24 heavy (non-hydrogen) atoms. The van der Waals surface area contributed by atoms with E-state index in [4.69, 9.17) is 4.74 Å². The molecule has 0 saturated heterocycles. The van der Waals surface area contributed by atoms with Crippen molar-refractivity contribution in [2.45, 2.75) is 68.6 Å². The maximum absolute atomic E-state index is 12.6. The second-order valence-electron chi connectivity index (χ2n) is 6.34. The predicted octanol–water partition coefficient (Wildman–Crippen LogP) is 3.55. The summed E-state index contributed by atoms with van der Waals surface area (Å²) >= 11 is 0. The van der Waals surface area contributed by atoms with Crippen molar-refractivity contribution in [1.29, 1.82) is 0 Å². The largest absolute Gasteiger partial charge is 0.369 e. The Morgan fingerprint density at radius 3 is 2.71 bits per heavy atom. The summed E-state index contributed by atoms with van der Waals surface area (Å²) < 4.78 is 30.8. The maximum Gasteiger partial charge on any atom is 0.253 e. The van der Waals surface area contributed by atoms with Gasteiger partial charge in [0, 0.05) is 12.3 Å². The number of amides is 1. The molecule has 0 aliphatic heterocycles. The number of carbonyl (C=O) groups excluding carboxylic acids is 1. The van der Waals surface area contributed by atoms with E-state index in [9.17, 15) is 13.2 Å². The third-order valence-electron chi connectivity index (χ3n) is 4.41. The molecule has 1 aromatic carbocycles. The number of carbonyl (C=O) groups is 1. The first-order valence-electron chi connectivity index (χ1n) is 8.71. The van der Waals surface area contributed by atoms with Crippen molar-refractivity contribution in [3.63, 3.8) is 0 Å². The van der Waals surface area contributed by atoms with Gasteiger partial charge in [0.15, 0.2) is 9.84 Å². The molecule has 0 spiro atoms. The van der Waals surface area contributed by atoms with Crippen LogP contribution >= 0.6 is 0 Å². The Morgan fingerprint density at radius 2 is 2.04 bits per heavy atom. The second kappa shape index (κ2) is 8.62. The van der Waals surface area contributed by atoms with E-state index in [0.29, 0.717) is 12.3 Å². The van der Waals surface area contributed by atoms with E-state index in [1.165, 1.54) is 0 Å². The molecule has 1 amide bonds. The number of anilines is 1. The molecule has 1 aliphatic rings. The van der Waals surface area contributed by atoms with Gasteiger partial charge in [-0.3, -0.25) is 4.79 Å². The van der Waals surface area contributed by atoms with Gasteiger partial charge in [0.2, 0.25) is 0 Å². The topological polar surface area (TPSA) is 72.5 Å². The molecule has 0 radical (unpaired) electrons. The normalized spacial score (nSPS) is 16.9. The Kier molecular flexibility index (Phi) is 6.80. The highest BCUT2D eigenvalue weighted by Crippen LogP contribution is 2.30. The quantitative estimate of drug-likeness (QED) is 0.726. The molecule has 1 unspecified atom stereocenters. The molecule has 5 nitrogen and oxygen atoms in total. The highest BCUT2D eigenvalue weighted by molar-refractivity contribution is 7.92. The molecule has 0 aromatic heterocycles. The number of benzene rings is 1. The summed E-state index contributed by atoms with van der Waals surface area (Å²) in [7, 11) is -3.32. The van der Waals surface area contributed by atoms with Gasteiger partial charge >= 0.3 is 0 Å². The number of rotatable bonds is 8. The van der Waals surface area contributed by atoms with Gasteiger partial charge in [-0.2, -0.15) is 0 Å². The summed E-state index contributed by atoms with van der Waals surface area (Å²) in [5.41, 5.74) is 0.491. The van der Waals surface area contributed by atoms with Crippen LogP contribution < -0.4 is 5.32 Å². The first-order valence-corrected chi connectivity index (χ1v) is 10.3. The smallest absolute Gasteiger partial charge is 0.253 e. The number of unbranched alkanes of at least 4 members (excludes halogenated alkanes) is 1. The summed E-state index contributed by atoms with van der Waals surface area (Å²) in [6, 6.07) is 6.51. The van der Waals surface area contributed by atoms with Gasteiger partial charge in [-0.25, -0.2) is 8.42 Å². The van der Waals surface area contributed by atoms with Crippen LogP contribution in [0.15, 0.2) is 29.2 Å². The zero-order chi connectivity index (χ0) is 17.6. The summed E-state index contributed by atoms with van der Waals surface area (Å²) in [6.45, 7) is 4.30. The number of ether oxygens (including phenoxy) is 1. The van der Waals surface area contributed by atoms with E-state index in [2.05, 4.69) is 12.2 Å². The van der Waals surface area contributed by atoms with Crippen molar-refractivity contribution in [3.05, 3.63) is 24.3 Å². The Morgan fingerprint density at radius 1 is 1.33 bits per heavy atom. The third kappa shape index (κ3) is 4.80. The minimum Gasteiger partial charge on any atom is -0.369 e. The molecule has 134 valence electrons. The molecule has 0 bridgehead atoms. The van der Waals surface area contributed by atoms with E-state index in [1.807, 2.05) is 0 Å². The van der Waals surface area contributed by atoms with Gasteiger partial charge < -0.3 is 10.1 Å². The van der Waals surface area contributed by atoms with Crippen molar-refractivity contribution in [2.75, 3.05) is 11.9 Å². The average molecular weight is 353 g/mol. The molecule has 1 atom stereocenters. The zero-order valence-electron chi connectivity index (χ0n) is 14.5. The van der Waals surface area contributed by atoms with Crippen LogP contribution in [0.25, 0.3) is 0 Å². The molecule has 1 N–H and O–H groups in total. The van der Waals surface area contributed by atoms with E-state index >= 15 is 0 Å². The summed E-state index contributed by atoms with van der Waals surface area (Å²) in [5, 5.41) is 2.45. The number of sulfone groups is 1. The van der Waals surface area contributed by atoms with Crippen LogP contribution in [0.5, 0.6) is 0 Å². The van der Waals surface area contributed by atoms with Gasteiger partial charge in [-0.15, -0.1) is 0 Å². The molecule has 1 saturated carbocycles. The zero-order valence-corrected chi connectivity index (χ0v) is 15.3. The fourth-order valence-corrected chi connectivity index (χ4v) is 4.76. The number of hydrogen-bond donors (Lipinski definition) is 1. The first kappa shape index (κ1) is 18.9. The van der Waals surface area contributed by atoms with Crippen molar-refractivity contribution >= 4 is 21.4 Å². The Hall–Kier alpha value is -1.40. The molecular formula is C18H27NO4S. The summed E-state index contributed by atoms with van der Waals surface area (Å²) in [6.07, 6.45) is 4.73. The van der Waals surface area contributed by atoms with Crippen LogP contribution in [0.2, 0.25) is 0 Å². The molecule has 1 aromatic rings. The molecule has 0 heterocycles. The van der Waals surface area contributed by atoms with Crippen LogP contribution in [0, 0.1) is 0 Å². The van der Waals surface area contributed by atoms with Gasteiger partial charge in [0.05, 0.1) is 10.1 Å². The SMILES string of the molecule is CCCCOC(C)C(=O)Nc1cccc(S(=O)(=O)C2CCCC2)c1. The minimum atomic E-state index is -3.32. The molecule has 2 rings (SSSR count). The lowest BCUT2D eigenvalue weighted by Crippen LogP contribution is -2.28. The standard InChI is InChI=1S/C18H27NO4S/c1-3-4-12-23-14(2)18(20)19-15-8-7-11-17(13-15)24(21,22)16-9-5-6-10-16/h7-8,11,13-14,16H,3-6,9-10,12H2,1-2H3,(H,19,20). The van der Waals surface area contributed by atoms with Crippen molar-refractivity contribution in [1.82, 2.24) is 0 Å². The molecular weight excluding hydrogens is 326 g/mol. The lowest BCUT2D eigenvalue weighted by Gasteiger charge is -2.15. The number of nitrogens with one attached hydrogen (secondary N) is 1. The lowest BCUT2D eigenvalue weighted by molar-refractivity contribution is -0.126. The summed E-state index contributed by atoms with van der Waals surface area (Å²) in [4.78, 5) is 12.4. The Bertz CT molecular complexity index is 651. The highest BCUT2D eigenvalue weighted by atomic mass is 32.2. The van der Waals surface area contributed by atoms with Crippen molar-refractivity contribution in [2.24, 2.45) is 0 Å². The lowest BCUT2D eigenvalue weighted by atomic mass is 10.3. The van der Waals surface area contributed by atoms with Crippen LogP contribution in [0.1, 0.15) is 52.4 Å². The Balaban J connectivity index is 2.03. The molecule has 1 fully saturated rings. The van der Waals surface area contributed by atoms with Gasteiger partial charge in [0.25, 0.3) is 5.91 Å². The Labute approximate surface area is 144 Å². The minimum absolute atomic E-state index is 0.262. The molecule has 6 heteroatoms. The van der Waals surface area contributed by atoms with Gasteiger partial charge in [-0.1, -0.05) is 32.3 Å². The van der Waals surface area contributed by atoms with Gasteiger partial charge in [0.1, 0.15) is 6.10 Å². The average Bonchev–Trinajstić information content (AvgIpc) is 3.10. The second-order valence-corrected chi connectivity index (χ2v) is 8.56. The van der Waals surface area contributed by atoms with Crippen LogP contribution in [0.4, 0.5) is 5.69 Å². The predicted molar refractivity (Wildman–Crippen MR) is 94.8 cm³/mol. The van der Waals surface area contributed by atoms with Crippen molar-refractivity contribution < 1.29 is 17.9 Å². The monoisotopic (exact) mass is 353 g/mol. The highest BCUT2D eigenvalue weighted by Gasteiger charge is 2.30. The van der Waals surface area contributed by atoms with E-state index < -0.39 is 15.9 Å². The fourth-order valence-electron chi connectivity index (χ4n) is 2.87. The van der Waals surface area contributed by atoms with E-state index in [-0.39, 0.29) is 16.1 Å². The van der Waals surface area contributed by atoms with Crippen LogP contribution in [0.3, 0.4) is 0 Å². The number of hydrogen-bond acceptors (Lipinski definition) is 4. The van der Waals surface area contributed by atoms with Crippen molar-refractivity contribution in [3.8, 4) is 0 Å². The van der Waals surface area contributed by atoms with Crippen LogP contribution in [-0.4, -0.2) is 32.3 Å². The van der Waals surface area contributed by atoms with Crippen LogP contribution in [-0.2, 0) is 19.4 Å².